The second kappa shape index (κ2) is 3.05. The molecule has 0 unspecified atom stereocenters. The minimum absolute atomic E-state index is 0.945. The summed E-state index contributed by atoms with van der Waals surface area (Å²) in [7, 11) is 0. The van der Waals surface area contributed by atoms with Crippen LogP contribution in [-0.2, 0) is 6.54 Å². The molecule has 2 aromatic rings. The van der Waals surface area contributed by atoms with Crippen molar-refractivity contribution in [1.29, 1.82) is 0 Å². The van der Waals surface area contributed by atoms with E-state index in [9.17, 15) is 0 Å². The molecule has 0 saturated heterocycles. The molecule has 2 rings (SSSR count). The highest BCUT2D eigenvalue weighted by Gasteiger charge is 2.03. The Morgan fingerprint density at radius 3 is 2.92 bits per heavy atom. The molecule has 0 spiro atoms. The third-order valence-corrected chi connectivity index (χ3v) is 1.98. The summed E-state index contributed by atoms with van der Waals surface area (Å²) >= 11 is 0. The van der Waals surface area contributed by atoms with Gasteiger partial charge in [0.05, 0.1) is 17.7 Å². The van der Waals surface area contributed by atoms with E-state index in [1.165, 1.54) is 0 Å². The molecule has 0 aliphatic carbocycles. The number of hydrogen-bond acceptors (Lipinski definition) is 2. The monoisotopic (exact) mass is 176 g/mol. The summed E-state index contributed by atoms with van der Waals surface area (Å²) in [6, 6.07) is 1.99. The van der Waals surface area contributed by atoms with Crippen LogP contribution < -0.4 is 0 Å². The van der Waals surface area contributed by atoms with Crippen molar-refractivity contribution in [3.63, 3.8) is 0 Å². The first kappa shape index (κ1) is 8.04. The minimum Gasteiger partial charge on any atom is -0.337 e. The summed E-state index contributed by atoms with van der Waals surface area (Å²) in [6.07, 6.45) is 3.83. The second-order valence-electron chi connectivity index (χ2n) is 3.01. The number of imidazole rings is 1. The minimum atomic E-state index is 0.945. The highest BCUT2D eigenvalue weighted by atomic mass is 15.1. The van der Waals surface area contributed by atoms with Gasteiger partial charge in [0, 0.05) is 12.7 Å². The van der Waals surface area contributed by atoms with Crippen LogP contribution in [-0.4, -0.2) is 19.7 Å². The van der Waals surface area contributed by atoms with Gasteiger partial charge in [0.25, 0.3) is 0 Å². The average molecular weight is 176 g/mol. The quantitative estimate of drug-likeness (QED) is 0.755. The maximum atomic E-state index is 4.26. The Morgan fingerprint density at radius 1 is 1.54 bits per heavy atom. The van der Waals surface area contributed by atoms with E-state index in [2.05, 4.69) is 22.1 Å². The number of aryl methyl sites for hydroxylation is 2. The Labute approximate surface area is 76.6 Å². The molecule has 13 heavy (non-hydrogen) atoms. The summed E-state index contributed by atoms with van der Waals surface area (Å²) in [5, 5.41) is 6.99. The Kier molecular flexibility index (Phi) is 1.88. The second-order valence-corrected chi connectivity index (χ2v) is 3.01. The molecule has 4 heteroatoms. The topological polar surface area (TPSA) is 46.5 Å². The van der Waals surface area contributed by atoms with Gasteiger partial charge in [-0.15, -0.1) is 0 Å². The van der Waals surface area contributed by atoms with Crippen LogP contribution in [0.3, 0.4) is 0 Å². The smallest absolute Gasteiger partial charge is 0.106 e. The van der Waals surface area contributed by atoms with Gasteiger partial charge in [0.1, 0.15) is 5.69 Å². The van der Waals surface area contributed by atoms with Crippen molar-refractivity contribution in [2.45, 2.75) is 20.4 Å². The Bertz CT molecular complexity index is 399. The van der Waals surface area contributed by atoms with Crippen LogP contribution in [0.5, 0.6) is 0 Å². The van der Waals surface area contributed by atoms with Gasteiger partial charge >= 0.3 is 0 Å². The van der Waals surface area contributed by atoms with Gasteiger partial charge in [0.2, 0.25) is 0 Å². The van der Waals surface area contributed by atoms with Crippen molar-refractivity contribution < 1.29 is 0 Å². The van der Waals surface area contributed by atoms with E-state index in [1.807, 2.05) is 30.1 Å². The van der Waals surface area contributed by atoms with Gasteiger partial charge in [-0.1, -0.05) is 0 Å². The van der Waals surface area contributed by atoms with Crippen molar-refractivity contribution in [3.05, 3.63) is 24.3 Å². The molecule has 0 aliphatic heterocycles. The number of aromatic nitrogens is 4. The highest BCUT2D eigenvalue weighted by Crippen LogP contribution is 2.14. The van der Waals surface area contributed by atoms with Crippen molar-refractivity contribution in [3.8, 4) is 11.4 Å². The van der Waals surface area contributed by atoms with Crippen molar-refractivity contribution in [1.82, 2.24) is 19.7 Å². The van der Waals surface area contributed by atoms with Crippen LogP contribution in [0, 0.1) is 6.92 Å². The molecule has 2 aromatic heterocycles. The van der Waals surface area contributed by atoms with E-state index in [0.29, 0.717) is 0 Å². The molecule has 4 nitrogen and oxygen atoms in total. The number of nitrogens with one attached hydrogen (secondary N) is 1. The number of hydrogen-bond donors (Lipinski definition) is 1. The SMILES string of the molecule is CCn1cnc(-c2cc(C)n[nH]2)c1. The van der Waals surface area contributed by atoms with Crippen LogP contribution in [0.2, 0.25) is 0 Å². The molecule has 0 aliphatic rings. The number of H-pyrrole nitrogens is 1. The first-order valence-electron chi connectivity index (χ1n) is 4.33. The van der Waals surface area contributed by atoms with Gasteiger partial charge in [-0.25, -0.2) is 4.98 Å². The summed E-state index contributed by atoms with van der Waals surface area (Å²) in [4.78, 5) is 4.26. The summed E-state index contributed by atoms with van der Waals surface area (Å²) in [5.41, 5.74) is 2.91. The summed E-state index contributed by atoms with van der Waals surface area (Å²) in [5.74, 6) is 0. The van der Waals surface area contributed by atoms with Crippen LogP contribution in [0.1, 0.15) is 12.6 Å². The summed E-state index contributed by atoms with van der Waals surface area (Å²) in [6.45, 7) is 4.99. The van der Waals surface area contributed by atoms with Crippen molar-refractivity contribution in [2.24, 2.45) is 0 Å². The van der Waals surface area contributed by atoms with Gasteiger partial charge < -0.3 is 4.57 Å². The molecule has 0 fully saturated rings. The van der Waals surface area contributed by atoms with E-state index >= 15 is 0 Å². The lowest BCUT2D eigenvalue weighted by Gasteiger charge is -1.90. The Balaban J connectivity index is 2.35. The predicted molar refractivity (Wildman–Crippen MR) is 50.2 cm³/mol. The fourth-order valence-corrected chi connectivity index (χ4v) is 1.23. The van der Waals surface area contributed by atoms with Crippen LogP contribution in [0.25, 0.3) is 11.4 Å². The maximum Gasteiger partial charge on any atom is 0.106 e. The molecule has 1 N–H and O–H groups in total. The zero-order chi connectivity index (χ0) is 9.26. The molecule has 0 radical (unpaired) electrons. The van der Waals surface area contributed by atoms with Crippen LogP contribution in [0.15, 0.2) is 18.6 Å². The van der Waals surface area contributed by atoms with E-state index in [1.54, 1.807) is 0 Å². The lowest BCUT2D eigenvalue weighted by molar-refractivity contribution is 0.761. The molecule has 0 bridgehead atoms. The fraction of sp³-hybridized carbons (Fsp3) is 0.333. The normalized spacial score (nSPS) is 10.6. The van der Waals surface area contributed by atoms with E-state index in [4.69, 9.17) is 0 Å². The fourth-order valence-electron chi connectivity index (χ4n) is 1.23. The van der Waals surface area contributed by atoms with E-state index in [0.717, 1.165) is 23.6 Å². The highest BCUT2D eigenvalue weighted by molar-refractivity contribution is 5.52. The summed E-state index contributed by atoms with van der Waals surface area (Å²) < 4.78 is 2.03. The van der Waals surface area contributed by atoms with E-state index in [-0.39, 0.29) is 0 Å². The van der Waals surface area contributed by atoms with Crippen LogP contribution in [0.4, 0.5) is 0 Å². The Morgan fingerprint density at radius 2 is 2.38 bits per heavy atom. The number of rotatable bonds is 2. The van der Waals surface area contributed by atoms with Gasteiger partial charge in [-0.05, 0) is 19.9 Å². The third kappa shape index (κ3) is 1.47. The molecule has 0 saturated carbocycles. The lowest BCUT2D eigenvalue weighted by atomic mass is 10.3. The third-order valence-electron chi connectivity index (χ3n) is 1.98. The first-order chi connectivity index (χ1) is 6.29. The zero-order valence-corrected chi connectivity index (χ0v) is 7.78. The lowest BCUT2D eigenvalue weighted by Crippen LogP contribution is -1.86. The van der Waals surface area contributed by atoms with Crippen LogP contribution >= 0.6 is 0 Å². The van der Waals surface area contributed by atoms with Gasteiger partial charge in [-0.2, -0.15) is 5.10 Å². The van der Waals surface area contributed by atoms with Crippen molar-refractivity contribution >= 4 is 0 Å². The largest absolute Gasteiger partial charge is 0.337 e. The standard InChI is InChI=1S/C9H12N4/c1-3-13-5-9(10-6-13)8-4-7(2)11-12-8/h4-6H,3H2,1-2H3,(H,11,12). The zero-order valence-electron chi connectivity index (χ0n) is 7.78. The van der Waals surface area contributed by atoms with Gasteiger partial charge in [-0.3, -0.25) is 5.10 Å². The maximum absolute atomic E-state index is 4.26. The van der Waals surface area contributed by atoms with Gasteiger partial charge in [0.15, 0.2) is 0 Å². The Hall–Kier alpha value is -1.58. The number of nitrogens with zero attached hydrogens (tertiary/aromatic N) is 3. The molecule has 0 aromatic carbocycles. The average Bonchev–Trinajstić information content (AvgIpc) is 2.71. The molecule has 0 atom stereocenters. The molecular formula is C9H12N4. The number of aromatic amines is 1. The van der Waals surface area contributed by atoms with Crippen molar-refractivity contribution in [2.75, 3.05) is 0 Å². The van der Waals surface area contributed by atoms with E-state index < -0.39 is 0 Å². The predicted octanol–water partition coefficient (Wildman–Crippen LogP) is 1.60. The molecule has 0 amide bonds. The molecule has 68 valence electrons. The molecule has 2 heterocycles. The molecular weight excluding hydrogens is 164 g/mol. The first-order valence-corrected chi connectivity index (χ1v) is 4.33.